The third-order valence-corrected chi connectivity index (χ3v) is 6.25. The smallest absolute Gasteiger partial charge is 0.241 e. The van der Waals surface area contributed by atoms with Crippen molar-refractivity contribution in [3.63, 3.8) is 0 Å². The van der Waals surface area contributed by atoms with Gasteiger partial charge in [0.05, 0.1) is 24.6 Å². The molecule has 0 saturated carbocycles. The number of hydrogen-bond donors (Lipinski definition) is 1. The summed E-state index contributed by atoms with van der Waals surface area (Å²) >= 11 is 0. The van der Waals surface area contributed by atoms with Crippen LogP contribution in [0.25, 0.3) is 0 Å². The fraction of sp³-hybridized carbons (Fsp3) is 0.409. The van der Waals surface area contributed by atoms with E-state index in [0.717, 1.165) is 29.0 Å². The Labute approximate surface area is 172 Å². The second-order valence-electron chi connectivity index (χ2n) is 7.34. The normalized spacial score (nSPS) is 14.2. The second-order valence-corrected chi connectivity index (χ2v) is 9.25. The highest BCUT2D eigenvalue weighted by Gasteiger charge is 2.25. The van der Waals surface area contributed by atoms with Crippen molar-refractivity contribution >= 4 is 21.6 Å². The van der Waals surface area contributed by atoms with E-state index in [1.807, 2.05) is 19.9 Å². The number of hydrogen-bond acceptors (Lipinski definition) is 4. The molecule has 0 bridgehead atoms. The fourth-order valence-electron chi connectivity index (χ4n) is 3.68. The van der Waals surface area contributed by atoms with Gasteiger partial charge in [-0.25, -0.2) is 8.42 Å². The van der Waals surface area contributed by atoms with Crippen LogP contribution in [0, 0.1) is 0 Å². The zero-order valence-electron chi connectivity index (χ0n) is 17.1. The van der Waals surface area contributed by atoms with E-state index >= 15 is 0 Å². The molecule has 2 aromatic carbocycles. The predicted octanol–water partition coefficient (Wildman–Crippen LogP) is 3.22. The highest BCUT2D eigenvalue weighted by molar-refractivity contribution is 7.92. The Kier molecular flexibility index (Phi) is 6.47. The summed E-state index contributed by atoms with van der Waals surface area (Å²) in [7, 11) is -3.67. The molecule has 0 unspecified atom stereocenters. The molecule has 0 saturated heterocycles. The van der Waals surface area contributed by atoms with E-state index < -0.39 is 10.0 Å². The first-order valence-electron chi connectivity index (χ1n) is 9.90. The number of para-hydroxylation sites is 2. The molecule has 0 aromatic heterocycles. The van der Waals surface area contributed by atoms with E-state index in [-0.39, 0.29) is 18.5 Å². The van der Waals surface area contributed by atoms with Crippen molar-refractivity contribution in [1.29, 1.82) is 0 Å². The highest BCUT2D eigenvalue weighted by Crippen LogP contribution is 2.30. The number of rotatable bonds is 8. The molecule has 0 aliphatic heterocycles. The Balaban J connectivity index is 1.76. The molecule has 1 aliphatic rings. The van der Waals surface area contributed by atoms with Crippen LogP contribution in [0.2, 0.25) is 0 Å². The molecule has 3 rings (SSSR count). The van der Waals surface area contributed by atoms with Crippen LogP contribution in [0.15, 0.2) is 42.5 Å². The average molecular weight is 417 g/mol. The third-order valence-electron chi connectivity index (χ3n) is 5.12. The zero-order chi connectivity index (χ0) is 21.0. The number of amides is 1. The molecule has 1 atom stereocenters. The van der Waals surface area contributed by atoms with Crippen LogP contribution in [0.4, 0.5) is 5.69 Å². The highest BCUT2D eigenvalue weighted by atomic mass is 32.2. The standard InChI is InChI=1S/C22H28N2O4S/c1-4-28-21-11-6-5-10-20(21)24(29(3,26)27)15-22(25)23-16(2)18-13-12-17-8-7-9-19(17)14-18/h5-6,10-14,16H,4,7-9,15H2,1-3H3,(H,23,25)/t16-/m0/s1. The number of benzene rings is 2. The lowest BCUT2D eigenvalue weighted by Gasteiger charge is -2.25. The Hall–Kier alpha value is -2.54. The van der Waals surface area contributed by atoms with Crippen molar-refractivity contribution in [3.05, 3.63) is 59.2 Å². The van der Waals surface area contributed by atoms with E-state index in [4.69, 9.17) is 4.74 Å². The van der Waals surface area contributed by atoms with Crippen LogP contribution in [-0.2, 0) is 27.7 Å². The maximum Gasteiger partial charge on any atom is 0.241 e. The van der Waals surface area contributed by atoms with Gasteiger partial charge in [-0.05, 0) is 61.9 Å². The minimum atomic E-state index is -3.67. The van der Waals surface area contributed by atoms with Gasteiger partial charge in [0.15, 0.2) is 0 Å². The lowest BCUT2D eigenvalue weighted by molar-refractivity contribution is -0.120. The van der Waals surface area contributed by atoms with Crippen molar-refractivity contribution in [3.8, 4) is 5.75 Å². The van der Waals surface area contributed by atoms with Crippen molar-refractivity contribution < 1.29 is 17.9 Å². The van der Waals surface area contributed by atoms with Crippen LogP contribution in [0.3, 0.4) is 0 Å². The van der Waals surface area contributed by atoms with Gasteiger partial charge in [-0.15, -0.1) is 0 Å². The van der Waals surface area contributed by atoms with Crippen molar-refractivity contribution in [2.24, 2.45) is 0 Å². The summed E-state index contributed by atoms with van der Waals surface area (Å²) in [5.41, 5.74) is 4.10. The summed E-state index contributed by atoms with van der Waals surface area (Å²) in [5, 5.41) is 2.93. The Morgan fingerprint density at radius 1 is 1.17 bits per heavy atom. The summed E-state index contributed by atoms with van der Waals surface area (Å²) in [5.74, 6) is 0.0645. The van der Waals surface area contributed by atoms with Gasteiger partial charge < -0.3 is 10.1 Å². The van der Waals surface area contributed by atoms with Gasteiger partial charge in [-0.3, -0.25) is 9.10 Å². The average Bonchev–Trinajstić information content (AvgIpc) is 3.14. The minimum absolute atomic E-state index is 0.211. The topological polar surface area (TPSA) is 75.7 Å². The van der Waals surface area contributed by atoms with Gasteiger partial charge >= 0.3 is 0 Å². The van der Waals surface area contributed by atoms with E-state index in [0.29, 0.717) is 18.0 Å². The van der Waals surface area contributed by atoms with Crippen LogP contribution < -0.4 is 14.4 Å². The van der Waals surface area contributed by atoms with E-state index in [1.54, 1.807) is 24.3 Å². The fourth-order valence-corrected chi connectivity index (χ4v) is 4.54. The van der Waals surface area contributed by atoms with Gasteiger partial charge in [-0.1, -0.05) is 30.3 Å². The van der Waals surface area contributed by atoms with Crippen LogP contribution in [-0.4, -0.2) is 33.7 Å². The monoisotopic (exact) mass is 416 g/mol. The van der Waals surface area contributed by atoms with Gasteiger partial charge in [0, 0.05) is 0 Å². The number of anilines is 1. The molecule has 0 spiro atoms. The first-order chi connectivity index (χ1) is 13.8. The van der Waals surface area contributed by atoms with Gasteiger partial charge in [0.1, 0.15) is 12.3 Å². The number of carbonyl (C=O) groups excluding carboxylic acids is 1. The lowest BCUT2D eigenvalue weighted by atomic mass is 10.0. The summed E-state index contributed by atoms with van der Waals surface area (Å²) < 4.78 is 31.4. The molecule has 2 aromatic rings. The number of fused-ring (bicyclic) bond motifs is 1. The van der Waals surface area contributed by atoms with E-state index in [1.165, 1.54) is 17.5 Å². The first kappa shape index (κ1) is 21.2. The summed E-state index contributed by atoms with van der Waals surface area (Å²) in [6, 6.07) is 12.9. The Morgan fingerprint density at radius 2 is 1.90 bits per heavy atom. The van der Waals surface area contributed by atoms with E-state index in [9.17, 15) is 13.2 Å². The number of nitrogens with zero attached hydrogens (tertiary/aromatic N) is 1. The first-order valence-corrected chi connectivity index (χ1v) is 11.7. The van der Waals surface area contributed by atoms with Gasteiger partial charge in [-0.2, -0.15) is 0 Å². The predicted molar refractivity (Wildman–Crippen MR) is 115 cm³/mol. The maximum atomic E-state index is 12.7. The molecular weight excluding hydrogens is 388 g/mol. The summed E-state index contributed by atoms with van der Waals surface area (Å²) in [4.78, 5) is 12.7. The third kappa shape index (κ3) is 5.09. The van der Waals surface area contributed by atoms with Crippen molar-refractivity contribution in [2.75, 3.05) is 23.7 Å². The number of sulfonamides is 1. The molecule has 0 fully saturated rings. The molecular formula is C22H28N2O4S. The van der Waals surface area contributed by atoms with Crippen LogP contribution in [0.1, 0.15) is 43.0 Å². The second kappa shape index (κ2) is 8.86. The van der Waals surface area contributed by atoms with E-state index in [2.05, 4.69) is 17.4 Å². The van der Waals surface area contributed by atoms with Gasteiger partial charge in [0.2, 0.25) is 15.9 Å². The molecule has 7 heteroatoms. The minimum Gasteiger partial charge on any atom is -0.492 e. The molecule has 29 heavy (non-hydrogen) atoms. The van der Waals surface area contributed by atoms with Crippen LogP contribution in [0.5, 0.6) is 5.75 Å². The molecule has 1 N–H and O–H groups in total. The quantitative estimate of drug-likeness (QED) is 0.717. The van der Waals surface area contributed by atoms with Crippen molar-refractivity contribution in [2.45, 2.75) is 39.2 Å². The Bertz CT molecular complexity index is 988. The molecule has 1 aliphatic carbocycles. The molecule has 1 amide bonds. The van der Waals surface area contributed by atoms with Gasteiger partial charge in [0.25, 0.3) is 0 Å². The lowest BCUT2D eigenvalue weighted by Crippen LogP contribution is -2.41. The maximum absolute atomic E-state index is 12.7. The summed E-state index contributed by atoms with van der Waals surface area (Å²) in [6.45, 7) is 3.83. The Morgan fingerprint density at radius 3 is 2.62 bits per heavy atom. The number of aryl methyl sites for hydroxylation is 2. The largest absolute Gasteiger partial charge is 0.492 e. The van der Waals surface area contributed by atoms with Crippen LogP contribution >= 0.6 is 0 Å². The molecule has 0 radical (unpaired) electrons. The molecule has 0 heterocycles. The number of nitrogens with one attached hydrogen (secondary N) is 1. The number of carbonyl (C=O) groups is 1. The van der Waals surface area contributed by atoms with Crippen molar-refractivity contribution in [1.82, 2.24) is 5.32 Å². The zero-order valence-corrected chi connectivity index (χ0v) is 18.0. The molecule has 156 valence electrons. The molecule has 6 nitrogen and oxygen atoms in total. The summed E-state index contributed by atoms with van der Waals surface area (Å²) in [6.07, 6.45) is 4.44. The SMILES string of the molecule is CCOc1ccccc1N(CC(=O)N[C@@H](C)c1ccc2c(c1)CCC2)S(C)(=O)=O. The number of ether oxygens (including phenoxy) is 1.